The van der Waals surface area contributed by atoms with Gasteiger partial charge in [-0.05, 0) is 17.7 Å². The zero-order valence-corrected chi connectivity index (χ0v) is 11.7. The maximum Gasteiger partial charge on any atom is 0.156 e. The maximum absolute atomic E-state index is 13.7. The third-order valence-corrected chi connectivity index (χ3v) is 3.19. The van der Waals surface area contributed by atoms with Crippen LogP contribution in [-0.2, 0) is 11.3 Å². The Hall–Kier alpha value is -1.92. The molecule has 4 nitrogen and oxygen atoms in total. The molecule has 1 saturated heterocycles. The molecule has 1 N–H and O–H groups in total. The Morgan fingerprint density at radius 2 is 2.33 bits per heavy atom. The molecule has 1 aliphatic heterocycles. The van der Waals surface area contributed by atoms with Crippen LogP contribution in [0.4, 0.5) is 4.39 Å². The predicted octanol–water partition coefficient (Wildman–Crippen LogP) is 1.28. The average Bonchev–Trinajstić information content (AvgIpc) is 2.51. The fourth-order valence-corrected chi connectivity index (χ4v) is 2.16. The molecule has 5 heteroatoms. The van der Waals surface area contributed by atoms with Gasteiger partial charge < -0.3 is 9.84 Å². The zero-order valence-electron chi connectivity index (χ0n) is 11.7. The van der Waals surface area contributed by atoms with Crippen molar-refractivity contribution in [2.45, 2.75) is 19.1 Å². The van der Waals surface area contributed by atoms with E-state index in [-0.39, 0.29) is 12.4 Å². The lowest BCUT2D eigenvalue weighted by atomic mass is 10.1. The van der Waals surface area contributed by atoms with Crippen molar-refractivity contribution in [1.82, 2.24) is 4.90 Å². The van der Waals surface area contributed by atoms with Gasteiger partial charge in [-0.2, -0.15) is 5.26 Å². The van der Waals surface area contributed by atoms with Crippen molar-refractivity contribution in [3.05, 3.63) is 35.1 Å². The highest BCUT2D eigenvalue weighted by atomic mass is 19.1. The molecule has 2 rings (SSSR count). The van der Waals surface area contributed by atoms with Crippen LogP contribution in [0.2, 0.25) is 0 Å². The second kappa shape index (κ2) is 7.75. The predicted molar refractivity (Wildman–Crippen MR) is 75.6 cm³/mol. The molecule has 110 valence electrons. The summed E-state index contributed by atoms with van der Waals surface area (Å²) in [5, 5.41) is 17.6. The number of halogens is 1. The van der Waals surface area contributed by atoms with Crippen LogP contribution in [0, 0.1) is 29.0 Å². The van der Waals surface area contributed by atoms with E-state index in [0.717, 1.165) is 12.1 Å². The van der Waals surface area contributed by atoms with Gasteiger partial charge in [-0.15, -0.1) is 0 Å². The summed E-state index contributed by atoms with van der Waals surface area (Å²) in [6.45, 7) is 2.44. The third kappa shape index (κ3) is 4.54. The molecule has 1 unspecified atom stereocenters. The summed E-state index contributed by atoms with van der Waals surface area (Å²) in [5.41, 5.74) is 1.29. The lowest BCUT2D eigenvalue weighted by Crippen LogP contribution is -2.41. The molecule has 0 radical (unpaired) electrons. The van der Waals surface area contributed by atoms with Gasteiger partial charge in [0.1, 0.15) is 5.82 Å². The van der Waals surface area contributed by atoms with E-state index in [9.17, 15) is 4.39 Å². The van der Waals surface area contributed by atoms with Crippen LogP contribution in [0.5, 0.6) is 0 Å². The molecular formula is C16H17FN2O2. The van der Waals surface area contributed by atoms with Crippen LogP contribution >= 0.6 is 0 Å². The van der Waals surface area contributed by atoms with Crippen LogP contribution < -0.4 is 0 Å². The number of benzene rings is 1. The molecule has 0 spiro atoms. The number of nitrogens with zero attached hydrogens (tertiary/aromatic N) is 2. The maximum atomic E-state index is 13.7. The van der Waals surface area contributed by atoms with Gasteiger partial charge in [0.25, 0.3) is 0 Å². The SMILES string of the molecule is N#CC1CN(Cc2ccc(F)c(C#CCCO)c2)CCO1. The van der Waals surface area contributed by atoms with E-state index < -0.39 is 6.10 Å². The standard InChI is InChI=1S/C16H17FN2O2/c17-16-5-4-13(9-14(16)3-1-2-7-20)11-19-6-8-21-15(10-18)12-19/h4-5,9,15,20H,2,6-8,11-12H2. The Morgan fingerprint density at radius 1 is 1.48 bits per heavy atom. The highest BCUT2D eigenvalue weighted by Crippen LogP contribution is 2.14. The number of nitriles is 1. The van der Waals surface area contributed by atoms with Gasteiger partial charge in [-0.3, -0.25) is 4.90 Å². The molecule has 0 saturated carbocycles. The van der Waals surface area contributed by atoms with Gasteiger partial charge >= 0.3 is 0 Å². The molecule has 0 amide bonds. The van der Waals surface area contributed by atoms with Crippen molar-refractivity contribution in [2.24, 2.45) is 0 Å². The average molecular weight is 288 g/mol. The van der Waals surface area contributed by atoms with Crippen molar-refractivity contribution in [3.63, 3.8) is 0 Å². The van der Waals surface area contributed by atoms with Crippen molar-refractivity contribution < 1.29 is 14.2 Å². The Kier molecular flexibility index (Phi) is 5.71. The number of morpholine rings is 1. The second-order valence-corrected chi connectivity index (χ2v) is 4.81. The van der Waals surface area contributed by atoms with Gasteiger partial charge in [-0.1, -0.05) is 17.9 Å². The number of rotatable bonds is 3. The van der Waals surface area contributed by atoms with E-state index in [1.165, 1.54) is 6.07 Å². The first kappa shape index (κ1) is 15.5. The van der Waals surface area contributed by atoms with E-state index in [1.54, 1.807) is 12.1 Å². The molecule has 0 aromatic heterocycles. The molecule has 1 heterocycles. The second-order valence-electron chi connectivity index (χ2n) is 4.81. The minimum absolute atomic E-state index is 0.0301. The molecule has 1 aromatic rings. The van der Waals surface area contributed by atoms with E-state index in [0.29, 0.717) is 31.7 Å². The van der Waals surface area contributed by atoms with Crippen LogP contribution in [-0.4, -0.2) is 42.4 Å². The van der Waals surface area contributed by atoms with Crippen molar-refractivity contribution in [1.29, 1.82) is 5.26 Å². The fourth-order valence-electron chi connectivity index (χ4n) is 2.16. The monoisotopic (exact) mass is 288 g/mol. The molecule has 1 aliphatic rings. The number of aliphatic hydroxyl groups is 1. The van der Waals surface area contributed by atoms with Crippen LogP contribution in [0.15, 0.2) is 18.2 Å². The molecule has 21 heavy (non-hydrogen) atoms. The number of hydrogen-bond donors (Lipinski definition) is 1. The first-order chi connectivity index (χ1) is 10.2. The lowest BCUT2D eigenvalue weighted by Gasteiger charge is -2.29. The normalized spacial score (nSPS) is 18.6. The number of aliphatic hydroxyl groups excluding tert-OH is 1. The van der Waals surface area contributed by atoms with E-state index in [1.807, 2.05) is 0 Å². The Morgan fingerprint density at radius 3 is 3.10 bits per heavy atom. The number of ether oxygens (including phenoxy) is 1. The molecule has 0 aliphatic carbocycles. The molecule has 1 fully saturated rings. The van der Waals surface area contributed by atoms with Gasteiger partial charge in [-0.25, -0.2) is 4.39 Å². The number of hydrogen-bond acceptors (Lipinski definition) is 4. The van der Waals surface area contributed by atoms with Crippen molar-refractivity contribution in [3.8, 4) is 17.9 Å². The van der Waals surface area contributed by atoms with E-state index >= 15 is 0 Å². The summed E-state index contributed by atoms with van der Waals surface area (Å²) in [7, 11) is 0. The van der Waals surface area contributed by atoms with Crippen LogP contribution in [0.25, 0.3) is 0 Å². The van der Waals surface area contributed by atoms with Crippen molar-refractivity contribution in [2.75, 3.05) is 26.3 Å². The summed E-state index contributed by atoms with van der Waals surface area (Å²) >= 11 is 0. The Bertz CT molecular complexity index is 586. The van der Waals surface area contributed by atoms with Crippen LogP contribution in [0.1, 0.15) is 17.5 Å². The van der Waals surface area contributed by atoms with Gasteiger partial charge in [0.2, 0.25) is 0 Å². The van der Waals surface area contributed by atoms with E-state index in [4.69, 9.17) is 15.1 Å². The van der Waals surface area contributed by atoms with E-state index in [2.05, 4.69) is 22.8 Å². The molecule has 0 bridgehead atoms. The first-order valence-electron chi connectivity index (χ1n) is 6.84. The topological polar surface area (TPSA) is 56.5 Å². The Balaban J connectivity index is 2.05. The summed E-state index contributed by atoms with van der Waals surface area (Å²) in [5.74, 6) is 5.09. The first-order valence-corrected chi connectivity index (χ1v) is 6.84. The third-order valence-electron chi connectivity index (χ3n) is 3.19. The lowest BCUT2D eigenvalue weighted by molar-refractivity contribution is -0.00270. The fraction of sp³-hybridized carbons (Fsp3) is 0.438. The summed E-state index contributed by atoms with van der Waals surface area (Å²) < 4.78 is 18.9. The van der Waals surface area contributed by atoms with Crippen LogP contribution in [0.3, 0.4) is 0 Å². The van der Waals surface area contributed by atoms with Gasteiger partial charge in [0.15, 0.2) is 6.10 Å². The van der Waals surface area contributed by atoms with Gasteiger partial charge in [0.05, 0.1) is 24.8 Å². The molecular weight excluding hydrogens is 271 g/mol. The quantitative estimate of drug-likeness (QED) is 0.851. The smallest absolute Gasteiger partial charge is 0.156 e. The zero-order chi connectivity index (χ0) is 15.1. The highest BCUT2D eigenvalue weighted by molar-refractivity contribution is 5.38. The Labute approximate surface area is 123 Å². The summed E-state index contributed by atoms with van der Waals surface area (Å²) in [6.07, 6.45) is -0.0696. The molecule has 1 aromatic carbocycles. The minimum Gasteiger partial charge on any atom is -0.395 e. The van der Waals surface area contributed by atoms with Crippen molar-refractivity contribution >= 4 is 0 Å². The molecule has 1 atom stereocenters. The largest absolute Gasteiger partial charge is 0.395 e. The minimum atomic E-state index is -0.400. The van der Waals surface area contributed by atoms with Gasteiger partial charge in [0, 0.05) is 26.1 Å². The summed E-state index contributed by atoms with van der Waals surface area (Å²) in [6, 6.07) is 6.95. The summed E-state index contributed by atoms with van der Waals surface area (Å²) in [4.78, 5) is 2.11. The highest BCUT2D eigenvalue weighted by Gasteiger charge is 2.19.